The second kappa shape index (κ2) is 6.32. The minimum atomic E-state index is -1.74. The molecular formula is C14H17F4NO2. The van der Waals surface area contributed by atoms with E-state index in [1.54, 1.807) is 0 Å². The molecule has 0 atom stereocenters. The van der Waals surface area contributed by atoms with Crippen molar-refractivity contribution in [2.75, 3.05) is 6.54 Å². The van der Waals surface area contributed by atoms with Crippen LogP contribution in [0.3, 0.4) is 0 Å². The van der Waals surface area contributed by atoms with Crippen LogP contribution in [0.5, 0.6) is 5.75 Å². The lowest BCUT2D eigenvalue weighted by Crippen LogP contribution is -2.30. The number of hydrogen-bond donors (Lipinski definition) is 1. The third kappa shape index (κ3) is 4.34. The Morgan fingerprint density at radius 3 is 1.95 bits per heavy atom. The van der Waals surface area contributed by atoms with Crippen molar-refractivity contribution in [3.8, 4) is 5.75 Å². The molecule has 1 rings (SSSR count). The van der Waals surface area contributed by atoms with E-state index in [1.165, 1.54) is 0 Å². The third-order valence-corrected chi connectivity index (χ3v) is 2.78. The molecule has 1 aromatic carbocycles. The van der Waals surface area contributed by atoms with E-state index >= 15 is 0 Å². The summed E-state index contributed by atoms with van der Waals surface area (Å²) in [6, 6.07) is 0. The van der Waals surface area contributed by atoms with E-state index in [2.05, 4.69) is 10.1 Å². The van der Waals surface area contributed by atoms with Gasteiger partial charge in [0.15, 0.2) is 11.6 Å². The summed E-state index contributed by atoms with van der Waals surface area (Å²) in [6.45, 7) is 6.88. The number of ether oxygens (including phenoxy) is 1. The molecule has 1 amide bonds. The Balaban J connectivity index is 2.82. The normalized spacial score (nSPS) is 11.4. The minimum Gasteiger partial charge on any atom is -0.404 e. The van der Waals surface area contributed by atoms with E-state index in [0.29, 0.717) is 6.42 Å². The average molecular weight is 307 g/mol. The monoisotopic (exact) mass is 307 g/mol. The van der Waals surface area contributed by atoms with Gasteiger partial charge in [0.25, 0.3) is 0 Å². The highest BCUT2D eigenvalue weighted by atomic mass is 19.2. The van der Waals surface area contributed by atoms with E-state index in [9.17, 15) is 22.4 Å². The van der Waals surface area contributed by atoms with Crippen LogP contribution in [0.1, 0.15) is 32.8 Å². The van der Waals surface area contributed by atoms with Crippen LogP contribution in [0.15, 0.2) is 0 Å². The van der Waals surface area contributed by atoms with Crippen molar-refractivity contribution in [2.45, 2.75) is 34.1 Å². The lowest BCUT2D eigenvalue weighted by molar-refractivity contribution is 0.192. The number of nitrogens with one attached hydrogen (secondary N) is 1. The van der Waals surface area contributed by atoms with Gasteiger partial charge in [-0.1, -0.05) is 20.8 Å². The second-order valence-electron chi connectivity index (χ2n) is 5.84. The molecule has 118 valence electrons. The molecule has 0 aliphatic rings. The van der Waals surface area contributed by atoms with Crippen LogP contribution in [0, 0.1) is 35.6 Å². The predicted molar refractivity (Wildman–Crippen MR) is 69.1 cm³/mol. The molecule has 7 heteroatoms. The van der Waals surface area contributed by atoms with Gasteiger partial charge in [-0.3, -0.25) is 0 Å². The molecule has 3 nitrogen and oxygen atoms in total. The van der Waals surface area contributed by atoms with Gasteiger partial charge in [-0.15, -0.1) is 0 Å². The lowest BCUT2D eigenvalue weighted by atomic mass is 9.92. The van der Waals surface area contributed by atoms with E-state index in [1.807, 2.05) is 20.8 Å². The Kier molecular flexibility index (Phi) is 5.20. The van der Waals surface area contributed by atoms with Crippen molar-refractivity contribution < 1.29 is 27.1 Å². The number of carbonyl (C=O) groups is 1. The predicted octanol–water partition coefficient (Wildman–Crippen LogP) is 4.08. The van der Waals surface area contributed by atoms with Crippen molar-refractivity contribution in [1.82, 2.24) is 5.32 Å². The molecule has 0 heterocycles. The van der Waals surface area contributed by atoms with E-state index in [0.717, 1.165) is 6.92 Å². The molecule has 21 heavy (non-hydrogen) atoms. The summed E-state index contributed by atoms with van der Waals surface area (Å²) in [4.78, 5) is 11.4. The molecule has 1 N–H and O–H groups in total. The van der Waals surface area contributed by atoms with Gasteiger partial charge in [0, 0.05) is 12.1 Å². The van der Waals surface area contributed by atoms with Crippen LogP contribution in [-0.2, 0) is 0 Å². The molecule has 0 unspecified atom stereocenters. The fourth-order valence-corrected chi connectivity index (χ4v) is 1.48. The molecule has 0 saturated carbocycles. The van der Waals surface area contributed by atoms with Gasteiger partial charge < -0.3 is 10.1 Å². The molecule has 0 aliphatic heterocycles. The fraction of sp³-hybridized carbons (Fsp3) is 0.500. The molecular weight excluding hydrogens is 290 g/mol. The average Bonchev–Trinajstić information content (AvgIpc) is 2.38. The topological polar surface area (TPSA) is 38.3 Å². The highest BCUT2D eigenvalue weighted by Crippen LogP contribution is 2.29. The summed E-state index contributed by atoms with van der Waals surface area (Å²) in [5.74, 6) is -8.05. The minimum absolute atomic E-state index is 0.0636. The number of hydrogen-bond acceptors (Lipinski definition) is 2. The van der Waals surface area contributed by atoms with Crippen LogP contribution in [0.4, 0.5) is 22.4 Å². The van der Waals surface area contributed by atoms with Crippen LogP contribution >= 0.6 is 0 Å². The summed E-state index contributed by atoms with van der Waals surface area (Å²) >= 11 is 0. The van der Waals surface area contributed by atoms with Gasteiger partial charge in [-0.25, -0.2) is 13.6 Å². The Hall–Kier alpha value is -1.79. The second-order valence-corrected chi connectivity index (χ2v) is 5.84. The van der Waals surface area contributed by atoms with Crippen molar-refractivity contribution in [3.63, 3.8) is 0 Å². The largest absolute Gasteiger partial charge is 0.412 e. The highest BCUT2D eigenvalue weighted by Gasteiger charge is 2.26. The van der Waals surface area contributed by atoms with Gasteiger partial charge >= 0.3 is 6.09 Å². The summed E-state index contributed by atoms with van der Waals surface area (Å²) in [5, 5.41) is 2.26. The lowest BCUT2D eigenvalue weighted by Gasteiger charge is -2.18. The Labute approximate surface area is 120 Å². The van der Waals surface area contributed by atoms with Crippen LogP contribution < -0.4 is 10.1 Å². The molecule has 0 bridgehead atoms. The summed E-state index contributed by atoms with van der Waals surface area (Å²) in [5.41, 5.74) is -0.878. The number of rotatable bonds is 3. The summed E-state index contributed by atoms with van der Waals surface area (Å²) < 4.78 is 57.9. The van der Waals surface area contributed by atoms with E-state index < -0.39 is 40.7 Å². The molecule has 0 aromatic heterocycles. The van der Waals surface area contributed by atoms with Crippen molar-refractivity contribution >= 4 is 6.09 Å². The first-order valence-electron chi connectivity index (χ1n) is 6.33. The molecule has 0 saturated heterocycles. The van der Waals surface area contributed by atoms with Crippen molar-refractivity contribution in [1.29, 1.82) is 0 Å². The van der Waals surface area contributed by atoms with Crippen LogP contribution in [-0.4, -0.2) is 12.6 Å². The molecule has 0 aliphatic carbocycles. The zero-order valence-electron chi connectivity index (χ0n) is 12.2. The summed E-state index contributed by atoms with van der Waals surface area (Å²) in [6.07, 6.45) is -0.594. The van der Waals surface area contributed by atoms with Crippen LogP contribution in [0.2, 0.25) is 0 Å². The molecule has 0 radical (unpaired) electrons. The van der Waals surface area contributed by atoms with Crippen molar-refractivity contribution in [2.24, 2.45) is 5.41 Å². The van der Waals surface area contributed by atoms with Gasteiger partial charge in [0.1, 0.15) is 0 Å². The van der Waals surface area contributed by atoms with Gasteiger partial charge in [-0.05, 0) is 18.8 Å². The summed E-state index contributed by atoms with van der Waals surface area (Å²) in [7, 11) is 0. The van der Waals surface area contributed by atoms with Crippen LogP contribution in [0.25, 0.3) is 0 Å². The first-order chi connectivity index (χ1) is 9.54. The van der Waals surface area contributed by atoms with E-state index in [4.69, 9.17) is 0 Å². The number of amides is 1. The molecule has 1 aromatic rings. The number of carbonyl (C=O) groups excluding carboxylic acids is 1. The van der Waals surface area contributed by atoms with Crippen molar-refractivity contribution in [3.05, 3.63) is 28.8 Å². The van der Waals surface area contributed by atoms with Gasteiger partial charge in [0.05, 0.1) is 0 Å². The van der Waals surface area contributed by atoms with Gasteiger partial charge in [-0.2, -0.15) is 8.78 Å². The first-order valence-corrected chi connectivity index (χ1v) is 6.33. The SMILES string of the molecule is Cc1c(F)c(F)c(OC(=O)NCCC(C)(C)C)c(F)c1F. The Bertz CT molecular complexity index is 524. The highest BCUT2D eigenvalue weighted by molar-refractivity contribution is 5.70. The maximum absolute atomic E-state index is 13.5. The standard InChI is InChI=1S/C14H17F4NO2/c1-7-8(15)10(17)12(11(18)9(7)16)21-13(20)19-6-5-14(2,3)4/h5-6H2,1-4H3,(H,19,20). The van der Waals surface area contributed by atoms with E-state index in [-0.39, 0.29) is 12.0 Å². The number of benzene rings is 1. The fourth-order valence-electron chi connectivity index (χ4n) is 1.48. The smallest absolute Gasteiger partial charge is 0.404 e. The maximum atomic E-state index is 13.5. The first kappa shape index (κ1) is 17.3. The number of halogens is 4. The quantitative estimate of drug-likeness (QED) is 0.675. The third-order valence-electron chi connectivity index (χ3n) is 2.78. The zero-order valence-corrected chi connectivity index (χ0v) is 12.2. The zero-order chi connectivity index (χ0) is 16.4. The molecule has 0 fully saturated rings. The van der Waals surface area contributed by atoms with Gasteiger partial charge in [0.2, 0.25) is 17.4 Å². The Morgan fingerprint density at radius 2 is 1.52 bits per heavy atom. The Morgan fingerprint density at radius 1 is 1.05 bits per heavy atom. The maximum Gasteiger partial charge on any atom is 0.412 e. The molecule has 0 spiro atoms.